The topological polar surface area (TPSA) is 35.5 Å². The zero-order chi connectivity index (χ0) is 15.3. The Bertz CT molecular complexity index is 429. The Morgan fingerprint density at radius 2 is 2.00 bits per heavy atom. The number of benzene rings is 1. The molecule has 0 aliphatic rings. The van der Waals surface area contributed by atoms with Gasteiger partial charge in [-0.2, -0.15) is 0 Å². The van der Waals surface area contributed by atoms with Crippen LogP contribution in [0.5, 0.6) is 0 Å². The third kappa shape index (κ3) is 5.08. The Kier molecular flexibility index (Phi) is 6.49. The number of likely N-dealkylation sites (N-methyl/N-ethyl adjacent to an activating group) is 1. The van der Waals surface area contributed by atoms with Gasteiger partial charge in [0.2, 0.25) is 0 Å². The van der Waals surface area contributed by atoms with Gasteiger partial charge in [-0.15, -0.1) is 0 Å². The average molecular weight is 343 g/mol. The van der Waals surface area contributed by atoms with E-state index in [1.54, 1.807) is 0 Å². The predicted octanol–water partition coefficient (Wildman–Crippen LogP) is 3.72. The predicted molar refractivity (Wildman–Crippen MR) is 90.4 cm³/mol. The van der Waals surface area contributed by atoms with E-state index in [2.05, 4.69) is 65.1 Å². The molecule has 0 aliphatic carbocycles. The molecular weight excluding hydrogens is 316 g/mol. The van der Waals surface area contributed by atoms with Gasteiger partial charge in [-0.25, -0.2) is 0 Å². The van der Waals surface area contributed by atoms with Crippen molar-refractivity contribution in [1.29, 1.82) is 0 Å². The van der Waals surface area contributed by atoms with Crippen LogP contribution in [0.1, 0.15) is 46.2 Å². The van der Waals surface area contributed by atoms with Crippen LogP contribution in [-0.4, -0.2) is 30.3 Å². The fourth-order valence-electron chi connectivity index (χ4n) is 2.31. The monoisotopic (exact) mass is 342 g/mol. The normalized spacial score (nSPS) is 13.3. The minimum atomic E-state index is -0.703. The summed E-state index contributed by atoms with van der Waals surface area (Å²) in [5.74, 6) is 0. The lowest BCUT2D eigenvalue weighted by Crippen LogP contribution is -2.38. The van der Waals surface area contributed by atoms with Crippen molar-refractivity contribution in [3.8, 4) is 0 Å². The second kappa shape index (κ2) is 7.43. The zero-order valence-corrected chi connectivity index (χ0v) is 14.8. The molecule has 1 unspecified atom stereocenters. The van der Waals surface area contributed by atoms with Gasteiger partial charge in [-0.05, 0) is 67.9 Å². The van der Waals surface area contributed by atoms with E-state index in [4.69, 9.17) is 0 Å². The van der Waals surface area contributed by atoms with Crippen LogP contribution in [0.3, 0.4) is 0 Å². The molecule has 0 aromatic heterocycles. The van der Waals surface area contributed by atoms with Gasteiger partial charge in [0, 0.05) is 23.6 Å². The molecule has 4 heteroatoms. The standard InChI is InChI=1S/C16H27BrN2O/c1-6-18-12(3)13-8-9-15(14(17)10-13)19(7-2)11-16(4,5)20/h8-10,12,18,20H,6-7,11H2,1-5H3. The summed E-state index contributed by atoms with van der Waals surface area (Å²) in [6.07, 6.45) is 0. The Labute approximate surface area is 131 Å². The van der Waals surface area contributed by atoms with Gasteiger partial charge >= 0.3 is 0 Å². The average Bonchev–Trinajstić information content (AvgIpc) is 2.35. The summed E-state index contributed by atoms with van der Waals surface area (Å²) in [6.45, 7) is 12.5. The van der Waals surface area contributed by atoms with Crippen molar-refractivity contribution in [3.05, 3.63) is 28.2 Å². The Morgan fingerprint density at radius 3 is 2.45 bits per heavy atom. The van der Waals surface area contributed by atoms with Crippen LogP contribution in [0.15, 0.2) is 22.7 Å². The Balaban J connectivity index is 2.96. The summed E-state index contributed by atoms with van der Waals surface area (Å²) in [5.41, 5.74) is 1.69. The lowest BCUT2D eigenvalue weighted by Gasteiger charge is -2.31. The fourth-order valence-corrected chi connectivity index (χ4v) is 2.95. The second-order valence-electron chi connectivity index (χ2n) is 5.82. The first-order valence-corrected chi connectivity index (χ1v) is 8.08. The number of nitrogens with one attached hydrogen (secondary N) is 1. The number of hydrogen-bond acceptors (Lipinski definition) is 3. The minimum Gasteiger partial charge on any atom is -0.389 e. The summed E-state index contributed by atoms with van der Waals surface area (Å²) in [4.78, 5) is 2.19. The van der Waals surface area contributed by atoms with Gasteiger partial charge in [0.25, 0.3) is 0 Å². The molecule has 20 heavy (non-hydrogen) atoms. The van der Waals surface area contributed by atoms with Crippen LogP contribution in [0, 0.1) is 0 Å². The summed E-state index contributed by atoms with van der Waals surface area (Å²) in [7, 11) is 0. The van der Waals surface area contributed by atoms with Crippen molar-refractivity contribution in [2.45, 2.75) is 46.3 Å². The van der Waals surface area contributed by atoms with E-state index < -0.39 is 5.60 Å². The number of hydrogen-bond donors (Lipinski definition) is 2. The van der Waals surface area contributed by atoms with Crippen LogP contribution >= 0.6 is 15.9 Å². The lowest BCUT2D eigenvalue weighted by atomic mass is 10.1. The highest BCUT2D eigenvalue weighted by Gasteiger charge is 2.19. The molecule has 0 saturated heterocycles. The van der Waals surface area contributed by atoms with Crippen molar-refractivity contribution in [2.75, 3.05) is 24.5 Å². The smallest absolute Gasteiger partial charge is 0.0765 e. The highest BCUT2D eigenvalue weighted by molar-refractivity contribution is 9.10. The number of nitrogens with zero attached hydrogens (tertiary/aromatic N) is 1. The van der Waals surface area contributed by atoms with Crippen LogP contribution < -0.4 is 10.2 Å². The van der Waals surface area contributed by atoms with Crippen molar-refractivity contribution in [1.82, 2.24) is 5.32 Å². The van der Waals surface area contributed by atoms with Gasteiger partial charge in [0.15, 0.2) is 0 Å². The van der Waals surface area contributed by atoms with E-state index >= 15 is 0 Å². The summed E-state index contributed by atoms with van der Waals surface area (Å²) in [5, 5.41) is 13.4. The van der Waals surface area contributed by atoms with Crippen molar-refractivity contribution < 1.29 is 5.11 Å². The maximum absolute atomic E-state index is 10.0. The van der Waals surface area contributed by atoms with Crippen molar-refractivity contribution in [2.24, 2.45) is 0 Å². The number of aliphatic hydroxyl groups is 1. The first kappa shape index (κ1) is 17.5. The third-order valence-electron chi connectivity index (χ3n) is 3.28. The molecule has 1 aromatic rings. The molecule has 0 bridgehead atoms. The molecule has 0 saturated carbocycles. The van der Waals surface area contributed by atoms with E-state index in [9.17, 15) is 5.11 Å². The molecule has 0 radical (unpaired) electrons. The van der Waals surface area contributed by atoms with E-state index in [-0.39, 0.29) is 0 Å². The molecule has 0 spiro atoms. The number of anilines is 1. The summed E-state index contributed by atoms with van der Waals surface area (Å²) < 4.78 is 1.07. The number of rotatable bonds is 7. The fraction of sp³-hybridized carbons (Fsp3) is 0.625. The quantitative estimate of drug-likeness (QED) is 0.792. The number of halogens is 1. The molecule has 0 heterocycles. The summed E-state index contributed by atoms with van der Waals surface area (Å²) >= 11 is 3.66. The third-order valence-corrected chi connectivity index (χ3v) is 3.92. The molecule has 1 atom stereocenters. The van der Waals surface area contributed by atoms with Gasteiger partial charge in [-0.3, -0.25) is 0 Å². The van der Waals surface area contributed by atoms with Gasteiger partial charge in [0.05, 0.1) is 11.3 Å². The molecule has 2 N–H and O–H groups in total. The Morgan fingerprint density at radius 1 is 1.35 bits per heavy atom. The SMILES string of the molecule is CCNC(C)c1ccc(N(CC)CC(C)(C)O)c(Br)c1. The van der Waals surface area contributed by atoms with E-state index in [0.717, 1.165) is 23.2 Å². The first-order valence-electron chi connectivity index (χ1n) is 7.28. The van der Waals surface area contributed by atoms with Crippen molar-refractivity contribution in [3.63, 3.8) is 0 Å². The molecule has 0 fully saturated rings. The highest BCUT2D eigenvalue weighted by atomic mass is 79.9. The van der Waals surface area contributed by atoms with Gasteiger partial charge < -0.3 is 15.3 Å². The molecular formula is C16H27BrN2O. The van der Waals surface area contributed by atoms with Gasteiger partial charge in [0.1, 0.15) is 0 Å². The molecule has 0 aliphatic heterocycles. The lowest BCUT2D eigenvalue weighted by molar-refractivity contribution is 0.0875. The van der Waals surface area contributed by atoms with Crippen LogP contribution in [-0.2, 0) is 0 Å². The van der Waals surface area contributed by atoms with Crippen LogP contribution in [0.25, 0.3) is 0 Å². The highest BCUT2D eigenvalue weighted by Crippen LogP contribution is 2.30. The second-order valence-corrected chi connectivity index (χ2v) is 6.67. The first-order chi connectivity index (χ1) is 9.28. The van der Waals surface area contributed by atoms with Crippen LogP contribution in [0.4, 0.5) is 5.69 Å². The van der Waals surface area contributed by atoms with E-state index in [1.807, 2.05) is 13.8 Å². The molecule has 114 valence electrons. The molecule has 1 aromatic carbocycles. The van der Waals surface area contributed by atoms with E-state index in [0.29, 0.717) is 12.6 Å². The molecule has 1 rings (SSSR count). The maximum Gasteiger partial charge on any atom is 0.0765 e. The minimum absolute atomic E-state index is 0.342. The van der Waals surface area contributed by atoms with E-state index in [1.165, 1.54) is 5.56 Å². The molecule has 3 nitrogen and oxygen atoms in total. The maximum atomic E-state index is 10.0. The zero-order valence-electron chi connectivity index (χ0n) is 13.2. The Hall–Kier alpha value is -0.580. The summed E-state index contributed by atoms with van der Waals surface area (Å²) in [6, 6.07) is 6.79. The molecule has 0 amide bonds. The largest absolute Gasteiger partial charge is 0.389 e. The van der Waals surface area contributed by atoms with Gasteiger partial charge in [-0.1, -0.05) is 13.0 Å². The van der Waals surface area contributed by atoms with Crippen molar-refractivity contribution >= 4 is 21.6 Å². The van der Waals surface area contributed by atoms with Crippen LogP contribution in [0.2, 0.25) is 0 Å².